The highest BCUT2D eigenvalue weighted by Gasteiger charge is 2.39. The molecular formula is C15H21F3N2O2. The summed E-state index contributed by atoms with van der Waals surface area (Å²) >= 11 is 0. The van der Waals surface area contributed by atoms with E-state index in [4.69, 9.17) is 10.5 Å². The Balaban J connectivity index is 2.92. The lowest BCUT2D eigenvalue weighted by atomic mass is 10.0. The first kappa shape index (κ1) is 18.3. The van der Waals surface area contributed by atoms with Gasteiger partial charge in [0.1, 0.15) is 5.75 Å². The standard InChI is InChI=1S/C15H21F3N2O2/c1-3-5-11(19)8-10-6-7-12(13(9-10)22-4-2)20-14(21)15(16,17)18/h6-7,9,11H,3-5,8,19H2,1-2H3,(H,20,21). The fraction of sp³-hybridized carbons (Fsp3) is 0.533. The molecular weight excluding hydrogens is 297 g/mol. The van der Waals surface area contributed by atoms with E-state index in [0.29, 0.717) is 6.42 Å². The van der Waals surface area contributed by atoms with Crippen molar-refractivity contribution in [2.45, 2.75) is 45.3 Å². The Morgan fingerprint density at radius 1 is 1.36 bits per heavy atom. The van der Waals surface area contributed by atoms with Gasteiger partial charge in [-0.3, -0.25) is 4.79 Å². The van der Waals surface area contributed by atoms with Gasteiger partial charge in [-0.25, -0.2) is 0 Å². The van der Waals surface area contributed by atoms with Crippen LogP contribution in [0.3, 0.4) is 0 Å². The zero-order chi connectivity index (χ0) is 16.8. The molecule has 0 bridgehead atoms. The summed E-state index contributed by atoms with van der Waals surface area (Å²) in [5.74, 6) is -1.81. The number of amides is 1. The van der Waals surface area contributed by atoms with Gasteiger partial charge in [0.25, 0.3) is 0 Å². The third-order valence-electron chi connectivity index (χ3n) is 3.01. The minimum atomic E-state index is -4.94. The molecule has 7 heteroatoms. The molecule has 1 unspecified atom stereocenters. The number of hydrogen-bond donors (Lipinski definition) is 2. The van der Waals surface area contributed by atoms with Crippen LogP contribution in [-0.4, -0.2) is 24.7 Å². The lowest BCUT2D eigenvalue weighted by Crippen LogP contribution is -2.30. The molecule has 0 aliphatic rings. The summed E-state index contributed by atoms with van der Waals surface area (Å²) in [7, 11) is 0. The molecule has 1 amide bonds. The van der Waals surface area contributed by atoms with Gasteiger partial charge in [-0.1, -0.05) is 19.4 Å². The maximum absolute atomic E-state index is 12.3. The summed E-state index contributed by atoms with van der Waals surface area (Å²) in [5, 5.41) is 1.82. The predicted molar refractivity (Wildman–Crippen MR) is 78.9 cm³/mol. The van der Waals surface area contributed by atoms with E-state index in [1.165, 1.54) is 6.07 Å². The minimum Gasteiger partial charge on any atom is -0.492 e. The maximum Gasteiger partial charge on any atom is 0.471 e. The van der Waals surface area contributed by atoms with Crippen LogP contribution < -0.4 is 15.8 Å². The molecule has 0 saturated carbocycles. The number of benzene rings is 1. The van der Waals surface area contributed by atoms with Crippen molar-refractivity contribution in [1.29, 1.82) is 0 Å². The number of nitrogens with one attached hydrogen (secondary N) is 1. The topological polar surface area (TPSA) is 64.3 Å². The van der Waals surface area contributed by atoms with Crippen LogP contribution in [0, 0.1) is 0 Å². The molecule has 1 aromatic rings. The van der Waals surface area contributed by atoms with Crippen LogP contribution in [0.4, 0.5) is 18.9 Å². The van der Waals surface area contributed by atoms with Crippen molar-refractivity contribution < 1.29 is 22.7 Å². The van der Waals surface area contributed by atoms with Crippen LogP contribution in [0.1, 0.15) is 32.3 Å². The van der Waals surface area contributed by atoms with Gasteiger partial charge in [0.15, 0.2) is 0 Å². The molecule has 22 heavy (non-hydrogen) atoms. The number of nitrogens with two attached hydrogens (primary N) is 1. The van der Waals surface area contributed by atoms with E-state index in [1.807, 2.05) is 12.2 Å². The number of rotatable bonds is 7. The van der Waals surface area contributed by atoms with Gasteiger partial charge in [0.05, 0.1) is 12.3 Å². The fourth-order valence-corrected chi connectivity index (χ4v) is 2.04. The number of carbonyl (C=O) groups excluding carboxylic acids is 1. The third-order valence-corrected chi connectivity index (χ3v) is 3.01. The number of anilines is 1. The molecule has 0 aromatic heterocycles. The smallest absolute Gasteiger partial charge is 0.471 e. The van der Waals surface area contributed by atoms with Crippen molar-refractivity contribution in [3.63, 3.8) is 0 Å². The Morgan fingerprint density at radius 3 is 2.59 bits per heavy atom. The number of ether oxygens (including phenoxy) is 1. The summed E-state index contributed by atoms with van der Waals surface area (Å²) in [6.45, 7) is 4.02. The Kier molecular flexibility index (Phi) is 6.67. The molecule has 0 aliphatic heterocycles. The van der Waals surface area contributed by atoms with Crippen LogP contribution in [0.2, 0.25) is 0 Å². The summed E-state index contributed by atoms with van der Waals surface area (Å²) in [5.41, 5.74) is 6.81. The van der Waals surface area contributed by atoms with Gasteiger partial charge in [0, 0.05) is 6.04 Å². The van der Waals surface area contributed by atoms with Crippen molar-refractivity contribution in [2.75, 3.05) is 11.9 Å². The van der Waals surface area contributed by atoms with Crippen LogP contribution >= 0.6 is 0 Å². The van der Waals surface area contributed by atoms with Gasteiger partial charge in [-0.15, -0.1) is 0 Å². The number of alkyl halides is 3. The first-order valence-electron chi connectivity index (χ1n) is 7.17. The average Bonchev–Trinajstić information content (AvgIpc) is 2.41. The van der Waals surface area contributed by atoms with Crippen molar-refractivity contribution in [2.24, 2.45) is 5.73 Å². The molecule has 0 saturated heterocycles. The Labute approximate surface area is 127 Å². The Hall–Kier alpha value is -1.76. The van der Waals surface area contributed by atoms with Gasteiger partial charge >= 0.3 is 12.1 Å². The second-order valence-corrected chi connectivity index (χ2v) is 4.97. The Bertz CT molecular complexity index is 504. The lowest BCUT2D eigenvalue weighted by Gasteiger charge is -2.16. The molecule has 3 N–H and O–H groups in total. The van der Waals surface area contributed by atoms with Gasteiger partial charge in [-0.2, -0.15) is 13.2 Å². The molecule has 0 fully saturated rings. The molecule has 124 valence electrons. The fourth-order valence-electron chi connectivity index (χ4n) is 2.04. The summed E-state index contributed by atoms with van der Waals surface area (Å²) < 4.78 is 42.3. The van der Waals surface area contributed by atoms with Crippen molar-refractivity contribution in [3.05, 3.63) is 23.8 Å². The predicted octanol–water partition coefficient (Wildman–Crippen LogP) is 3.26. The molecule has 4 nitrogen and oxygen atoms in total. The van der Waals surface area contributed by atoms with E-state index in [1.54, 1.807) is 19.1 Å². The summed E-state index contributed by atoms with van der Waals surface area (Å²) in [4.78, 5) is 11.0. The van der Waals surface area contributed by atoms with Crippen LogP contribution in [0.25, 0.3) is 0 Å². The second-order valence-electron chi connectivity index (χ2n) is 4.97. The molecule has 0 spiro atoms. The van der Waals surface area contributed by atoms with E-state index >= 15 is 0 Å². The molecule has 1 aromatic carbocycles. The second kappa shape index (κ2) is 8.03. The van der Waals surface area contributed by atoms with Crippen LogP contribution in [0.15, 0.2) is 18.2 Å². The van der Waals surface area contributed by atoms with Crippen molar-refractivity contribution in [1.82, 2.24) is 0 Å². The van der Waals surface area contributed by atoms with Crippen LogP contribution in [-0.2, 0) is 11.2 Å². The maximum atomic E-state index is 12.3. The summed E-state index contributed by atoms with van der Waals surface area (Å²) in [6.07, 6.45) is -2.53. The Morgan fingerprint density at radius 2 is 2.05 bits per heavy atom. The summed E-state index contributed by atoms with van der Waals surface area (Å²) in [6, 6.07) is 4.65. The van der Waals surface area contributed by atoms with E-state index in [2.05, 4.69) is 0 Å². The molecule has 1 atom stereocenters. The minimum absolute atomic E-state index is 0.00279. The van der Waals surface area contributed by atoms with E-state index in [-0.39, 0.29) is 24.1 Å². The largest absolute Gasteiger partial charge is 0.492 e. The molecule has 0 aliphatic carbocycles. The zero-order valence-corrected chi connectivity index (χ0v) is 12.7. The average molecular weight is 318 g/mol. The van der Waals surface area contributed by atoms with Crippen LogP contribution in [0.5, 0.6) is 5.75 Å². The lowest BCUT2D eigenvalue weighted by molar-refractivity contribution is -0.167. The number of halogens is 3. The SMILES string of the molecule is CCCC(N)Cc1ccc(NC(=O)C(F)(F)F)c(OCC)c1. The molecule has 0 heterocycles. The number of carbonyl (C=O) groups is 1. The van der Waals surface area contributed by atoms with Crippen molar-refractivity contribution in [3.8, 4) is 5.75 Å². The highest BCUT2D eigenvalue weighted by atomic mass is 19.4. The normalized spacial score (nSPS) is 12.8. The van der Waals surface area contributed by atoms with E-state index < -0.39 is 12.1 Å². The first-order chi connectivity index (χ1) is 10.3. The van der Waals surface area contributed by atoms with Gasteiger partial charge < -0.3 is 15.8 Å². The van der Waals surface area contributed by atoms with E-state index in [0.717, 1.165) is 18.4 Å². The number of hydrogen-bond acceptors (Lipinski definition) is 3. The molecule has 1 rings (SSSR count). The highest BCUT2D eigenvalue weighted by molar-refractivity contribution is 5.96. The zero-order valence-electron chi connectivity index (χ0n) is 12.7. The molecule has 0 radical (unpaired) electrons. The van der Waals surface area contributed by atoms with Crippen molar-refractivity contribution >= 4 is 11.6 Å². The third kappa shape index (κ3) is 5.55. The quantitative estimate of drug-likeness (QED) is 0.811. The highest BCUT2D eigenvalue weighted by Crippen LogP contribution is 2.28. The van der Waals surface area contributed by atoms with Gasteiger partial charge in [0.2, 0.25) is 0 Å². The van der Waals surface area contributed by atoms with E-state index in [9.17, 15) is 18.0 Å². The monoisotopic (exact) mass is 318 g/mol. The first-order valence-corrected chi connectivity index (χ1v) is 7.17. The van der Waals surface area contributed by atoms with Gasteiger partial charge in [-0.05, 0) is 37.5 Å².